The predicted molar refractivity (Wildman–Crippen MR) is 102 cm³/mol. The number of rotatable bonds is 5. The van der Waals surface area contributed by atoms with Crippen LogP contribution in [0.3, 0.4) is 0 Å². The van der Waals surface area contributed by atoms with Gasteiger partial charge in [0.1, 0.15) is 5.54 Å². The number of urea groups is 1. The molecule has 3 rings (SSSR count). The molecule has 1 aliphatic carbocycles. The standard InChI is InChI=1S/C19H26N6O3/c1-4-28-16(26)14-9-8-10-15(13-14)25-17(21-22-23-25)19(11-6-5-7-12-19)24(3)18(27)20-2/h8-10,13H,4-7,11-12H2,1-3H3,(H,20,27). The molecule has 0 bridgehead atoms. The number of carbonyl (C=O) groups excluding carboxylic acids is 2. The molecule has 1 heterocycles. The fourth-order valence-corrected chi connectivity index (χ4v) is 3.84. The molecule has 150 valence electrons. The van der Waals surface area contributed by atoms with Gasteiger partial charge in [-0.05, 0) is 48.4 Å². The monoisotopic (exact) mass is 386 g/mol. The minimum absolute atomic E-state index is 0.184. The largest absolute Gasteiger partial charge is 0.462 e. The lowest BCUT2D eigenvalue weighted by Gasteiger charge is -2.43. The van der Waals surface area contributed by atoms with Crippen molar-refractivity contribution in [3.8, 4) is 5.69 Å². The summed E-state index contributed by atoms with van der Waals surface area (Å²) in [5.41, 5.74) is 0.473. The van der Waals surface area contributed by atoms with Gasteiger partial charge in [-0.1, -0.05) is 25.3 Å². The van der Waals surface area contributed by atoms with Crippen molar-refractivity contribution < 1.29 is 14.3 Å². The number of amides is 2. The summed E-state index contributed by atoms with van der Waals surface area (Å²) < 4.78 is 6.71. The average Bonchev–Trinajstić information content (AvgIpc) is 3.24. The molecule has 1 N–H and O–H groups in total. The summed E-state index contributed by atoms with van der Waals surface area (Å²) in [4.78, 5) is 26.3. The fourth-order valence-electron chi connectivity index (χ4n) is 3.84. The number of esters is 1. The molecule has 1 aliphatic rings. The molecule has 9 nitrogen and oxygen atoms in total. The first-order valence-electron chi connectivity index (χ1n) is 9.55. The second kappa shape index (κ2) is 8.37. The van der Waals surface area contributed by atoms with Gasteiger partial charge in [0.05, 0.1) is 17.9 Å². The number of hydrogen-bond donors (Lipinski definition) is 1. The van der Waals surface area contributed by atoms with Gasteiger partial charge in [0, 0.05) is 14.1 Å². The van der Waals surface area contributed by atoms with Crippen LogP contribution in [0.4, 0.5) is 4.79 Å². The van der Waals surface area contributed by atoms with Crippen molar-refractivity contribution in [1.29, 1.82) is 0 Å². The fraction of sp³-hybridized carbons (Fsp3) is 0.526. The van der Waals surface area contributed by atoms with E-state index in [4.69, 9.17) is 4.74 Å². The number of nitrogens with zero attached hydrogens (tertiary/aromatic N) is 5. The van der Waals surface area contributed by atoms with Gasteiger partial charge in [0.15, 0.2) is 5.82 Å². The van der Waals surface area contributed by atoms with E-state index in [1.165, 1.54) is 0 Å². The molecule has 0 saturated heterocycles. The Labute approximate surface area is 164 Å². The van der Waals surface area contributed by atoms with Crippen LogP contribution in [-0.4, -0.2) is 57.8 Å². The maximum absolute atomic E-state index is 12.5. The minimum atomic E-state index is -0.609. The van der Waals surface area contributed by atoms with Gasteiger partial charge in [-0.2, -0.15) is 4.68 Å². The second-order valence-corrected chi connectivity index (χ2v) is 6.89. The molecule has 9 heteroatoms. The van der Waals surface area contributed by atoms with Crippen molar-refractivity contribution >= 4 is 12.0 Å². The van der Waals surface area contributed by atoms with E-state index in [1.54, 1.807) is 48.8 Å². The first-order chi connectivity index (χ1) is 13.5. The minimum Gasteiger partial charge on any atom is -0.462 e. The molecule has 2 amide bonds. The Balaban J connectivity index is 2.05. The molecule has 1 saturated carbocycles. The maximum Gasteiger partial charge on any atom is 0.338 e. The number of hydrogen-bond acceptors (Lipinski definition) is 6. The molecule has 0 aliphatic heterocycles. The van der Waals surface area contributed by atoms with Crippen LogP contribution in [0.5, 0.6) is 0 Å². The quantitative estimate of drug-likeness (QED) is 0.791. The van der Waals surface area contributed by atoms with E-state index in [1.807, 2.05) is 6.07 Å². The summed E-state index contributed by atoms with van der Waals surface area (Å²) in [7, 11) is 3.39. The Bertz CT molecular complexity index is 844. The van der Waals surface area contributed by atoms with E-state index < -0.39 is 11.5 Å². The maximum atomic E-state index is 12.5. The molecular formula is C19H26N6O3. The lowest BCUT2D eigenvalue weighted by molar-refractivity contribution is 0.0526. The third kappa shape index (κ3) is 3.56. The zero-order valence-corrected chi connectivity index (χ0v) is 16.5. The van der Waals surface area contributed by atoms with Gasteiger partial charge in [-0.3, -0.25) is 0 Å². The van der Waals surface area contributed by atoms with E-state index in [9.17, 15) is 9.59 Å². The lowest BCUT2D eigenvalue weighted by atomic mass is 9.79. The predicted octanol–water partition coefficient (Wildman–Crippen LogP) is 2.27. The molecule has 2 aromatic rings. The van der Waals surface area contributed by atoms with Crippen LogP contribution in [0.25, 0.3) is 5.69 Å². The van der Waals surface area contributed by atoms with Crippen LogP contribution >= 0.6 is 0 Å². The zero-order valence-electron chi connectivity index (χ0n) is 16.5. The third-order valence-electron chi connectivity index (χ3n) is 5.33. The normalized spacial score (nSPS) is 15.7. The summed E-state index contributed by atoms with van der Waals surface area (Å²) in [6.07, 6.45) is 4.63. The number of tetrazole rings is 1. The second-order valence-electron chi connectivity index (χ2n) is 6.89. The highest BCUT2D eigenvalue weighted by molar-refractivity contribution is 5.90. The molecule has 28 heavy (non-hydrogen) atoms. The van der Waals surface area contributed by atoms with E-state index in [2.05, 4.69) is 20.8 Å². The van der Waals surface area contributed by atoms with E-state index in [0.717, 1.165) is 32.1 Å². The van der Waals surface area contributed by atoms with Gasteiger partial charge in [0.25, 0.3) is 0 Å². The van der Waals surface area contributed by atoms with E-state index in [0.29, 0.717) is 23.7 Å². The van der Waals surface area contributed by atoms with Crippen molar-refractivity contribution in [3.63, 3.8) is 0 Å². The summed E-state index contributed by atoms with van der Waals surface area (Å²) in [5.74, 6) is 0.202. The summed E-state index contributed by atoms with van der Waals surface area (Å²) in [5, 5.41) is 15.0. The lowest BCUT2D eigenvalue weighted by Crippen LogP contribution is -2.52. The van der Waals surface area contributed by atoms with Crippen LogP contribution in [0.1, 0.15) is 55.2 Å². The first-order valence-corrected chi connectivity index (χ1v) is 9.55. The Morgan fingerprint density at radius 2 is 2.04 bits per heavy atom. The molecule has 0 radical (unpaired) electrons. The van der Waals surface area contributed by atoms with Gasteiger partial charge in [-0.15, -0.1) is 5.10 Å². The molecule has 1 aromatic heterocycles. The summed E-state index contributed by atoms with van der Waals surface area (Å²) in [6.45, 7) is 2.07. The van der Waals surface area contributed by atoms with Gasteiger partial charge in [0.2, 0.25) is 0 Å². The van der Waals surface area contributed by atoms with E-state index in [-0.39, 0.29) is 6.03 Å². The van der Waals surface area contributed by atoms with Crippen molar-refractivity contribution in [2.75, 3.05) is 20.7 Å². The Morgan fingerprint density at radius 1 is 1.29 bits per heavy atom. The number of nitrogens with one attached hydrogen (secondary N) is 1. The highest BCUT2D eigenvalue weighted by atomic mass is 16.5. The van der Waals surface area contributed by atoms with Crippen molar-refractivity contribution in [3.05, 3.63) is 35.7 Å². The Morgan fingerprint density at radius 3 is 2.71 bits per heavy atom. The highest BCUT2D eigenvalue weighted by Gasteiger charge is 2.44. The Kier molecular flexibility index (Phi) is 5.91. The summed E-state index contributed by atoms with van der Waals surface area (Å²) in [6, 6.07) is 6.81. The van der Waals surface area contributed by atoms with Crippen molar-refractivity contribution in [2.45, 2.75) is 44.6 Å². The van der Waals surface area contributed by atoms with Crippen LogP contribution in [0.2, 0.25) is 0 Å². The number of aromatic nitrogens is 4. The smallest absolute Gasteiger partial charge is 0.338 e. The van der Waals surface area contributed by atoms with Crippen LogP contribution in [0, 0.1) is 0 Å². The Hall–Kier alpha value is -2.97. The average molecular weight is 386 g/mol. The SMILES string of the molecule is CCOC(=O)c1cccc(-n2nnnc2C2(N(C)C(=O)NC)CCCCC2)c1. The van der Waals surface area contributed by atoms with Gasteiger partial charge < -0.3 is 15.0 Å². The van der Waals surface area contributed by atoms with Crippen molar-refractivity contribution in [2.24, 2.45) is 0 Å². The number of ether oxygens (including phenoxy) is 1. The number of benzene rings is 1. The highest BCUT2D eigenvalue weighted by Crippen LogP contribution is 2.41. The zero-order chi connectivity index (χ0) is 20.1. The van der Waals surface area contributed by atoms with Crippen molar-refractivity contribution in [1.82, 2.24) is 30.4 Å². The van der Waals surface area contributed by atoms with Crippen LogP contribution in [-0.2, 0) is 10.3 Å². The molecule has 0 atom stereocenters. The molecular weight excluding hydrogens is 360 g/mol. The van der Waals surface area contributed by atoms with Gasteiger partial charge in [-0.25, -0.2) is 9.59 Å². The number of carbonyl (C=O) groups is 2. The first kappa shape index (κ1) is 19.8. The molecule has 1 fully saturated rings. The van der Waals surface area contributed by atoms with Gasteiger partial charge >= 0.3 is 12.0 Å². The molecule has 0 unspecified atom stereocenters. The molecule has 0 spiro atoms. The molecule has 1 aromatic carbocycles. The summed E-state index contributed by atoms with van der Waals surface area (Å²) >= 11 is 0. The third-order valence-corrected chi connectivity index (χ3v) is 5.33. The topological polar surface area (TPSA) is 102 Å². The van der Waals surface area contributed by atoms with E-state index >= 15 is 0 Å². The van der Waals surface area contributed by atoms with Crippen LogP contribution < -0.4 is 5.32 Å². The van der Waals surface area contributed by atoms with Crippen LogP contribution in [0.15, 0.2) is 24.3 Å².